The van der Waals surface area contributed by atoms with Gasteiger partial charge < -0.3 is 14.8 Å². The maximum Gasteiger partial charge on any atom is 0.343 e. The van der Waals surface area contributed by atoms with Crippen LogP contribution in [0.25, 0.3) is 22.1 Å². The SMILES string of the molecule is O=c1oc2ccccc2c(O)c1CCCNCc1cccc(-c2ccccc2)c1. The average molecular weight is 385 g/mol. The number of fused-ring (bicyclic) bond motifs is 1. The normalized spacial score (nSPS) is 11.0. The summed E-state index contributed by atoms with van der Waals surface area (Å²) in [5, 5.41) is 14.4. The summed E-state index contributed by atoms with van der Waals surface area (Å²) in [4.78, 5) is 12.2. The fourth-order valence-corrected chi connectivity index (χ4v) is 3.51. The van der Waals surface area contributed by atoms with Crippen molar-refractivity contribution in [3.05, 3.63) is 100 Å². The molecule has 0 atom stereocenters. The molecule has 1 aromatic heterocycles. The van der Waals surface area contributed by atoms with E-state index in [1.54, 1.807) is 18.2 Å². The summed E-state index contributed by atoms with van der Waals surface area (Å²) < 4.78 is 5.32. The number of benzene rings is 3. The highest BCUT2D eigenvalue weighted by molar-refractivity contribution is 5.83. The van der Waals surface area contributed by atoms with Crippen LogP contribution in [0.15, 0.2) is 88.1 Å². The first-order valence-corrected chi connectivity index (χ1v) is 9.81. The first-order chi connectivity index (χ1) is 14.2. The minimum Gasteiger partial charge on any atom is -0.507 e. The quantitative estimate of drug-likeness (QED) is 0.351. The minimum absolute atomic E-state index is 0.0346. The third kappa shape index (κ3) is 4.39. The topological polar surface area (TPSA) is 62.5 Å². The third-order valence-electron chi connectivity index (χ3n) is 5.02. The molecule has 1 heterocycles. The second-order valence-electron chi connectivity index (χ2n) is 7.06. The van der Waals surface area contributed by atoms with Crippen LogP contribution < -0.4 is 10.9 Å². The van der Waals surface area contributed by atoms with Gasteiger partial charge in [-0.2, -0.15) is 0 Å². The first-order valence-electron chi connectivity index (χ1n) is 9.81. The molecular formula is C25H23NO3. The molecule has 0 radical (unpaired) electrons. The number of hydrogen-bond donors (Lipinski definition) is 2. The molecule has 0 aliphatic carbocycles. The molecule has 0 amide bonds. The number of para-hydroxylation sites is 1. The second kappa shape index (κ2) is 8.76. The highest BCUT2D eigenvalue weighted by Crippen LogP contribution is 2.26. The lowest BCUT2D eigenvalue weighted by Crippen LogP contribution is -2.17. The fourth-order valence-electron chi connectivity index (χ4n) is 3.51. The molecule has 0 aliphatic heterocycles. The zero-order valence-electron chi connectivity index (χ0n) is 16.1. The number of rotatable bonds is 7. The zero-order chi connectivity index (χ0) is 20.1. The summed E-state index contributed by atoms with van der Waals surface area (Å²) >= 11 is 0. The lowest BCUT2D eigenvalue weighted by atomic mass is 10.0. The minimum atomic E-state index is -0.461. The third-order valence-corrected chi connectivity index (χ3v) is 5.02. The molecule has 4 aromatic rings. The van der Waals surface area contributed by atoms with E-state index < -0.39 is 5.63 Å². The number of aromatic hydroxyl groups is 1. The molecular weight excluding hydrogens is 362 g/mol. The summed E-state index contributed by atoms with van der Waals surface area (Å²) in [5.41, 5.74) is 3.90. The molecule has 0 bridgehead atoms. The Hall–Kier alpha value is -3.37. The lowest BCUT2D eigenvalue weighted by molar-refractivity contribution is 0.454. The summed E-state index contributed by atoms with van der Waals surface area (Å²) in [7, 11) is 0. The van der Waals surface area contributed by atoms with Gasteiger partial charge in [-0.05, 0) is 54.3 Å². The maximum absolute atomic E-state index is 12.2. The summed E-state index contributed by atoms with van der Waals surface area (Å²) in [6.45, 7) is 1.49. The molecule has 0 saturated heterocycles. The van der Waals surface area contributed by atoms with Gasteiger partial charge in [0.25, 0.3) is 0 Å². The van der Waals surface area contributed by atoms with Gasteiger partial charge in [0.2, 0.25) is 0 Å². The smallest absolute Gasteiger partial charge is 0.343 e. The van der Waals surface area contributed by atoms with E-state index in [9.17, 15) is 9.90 Å². The Morgan fingerprint density at radius 2 is 1.62 bits per heavy atom. The molecule has 4 nitrogen and oxygen atoms in total. The monoisotopic (exact) mass is 385 g/mol. The molecule has 0 spiro atoms. The predicted molar refractivity (Wildman–Crippen MR) is 116 cm³/mol. The molecule has 0 aliphatic rings. The summed E-state index contributed by atoms with van der Waals surface area (Å²) in [5.74, 6) is 0.0346. The van der Waals surface area contributed by atoms with Gasteiger partial charge in [-0.3, -0.25) is 0 Å². The zero-order valence-corrected chi connectivity index (χ0v) is 16.1. The Morgan fingerprint density at radius 1 is 0.862 bits per heavy atom. The van der Waals surface area contributed by atoms with Crippen molar-refractivity contribution in [2.75, 3.05) is 6.54 Å². The van der Waals surface area contributed by atoms with Crippen LogP contribution >= 0.6 is 0 Å². The highest BCUT2D eigenvalue weighted by Gasteiger charge is 2.13. The van der Waals surface area contributed by atoms with Crippen LogP contribution in [0, 0.1) is 0 Å². The van der Waals surface area contributed by atoms with Gasteiger partial charge in [-0.15, -0.1) is 0 Å². The van der Waals surface area contributed by atoms with Crippen molar-refractivity contribution in [3.63, 3.8) is 0 Å². The molecule has 0 saturated carbocycles. The van der Waals surface area contributed by atoms with E-state index >= 15 is 0 Å². The Labute approximate surface area is 169 Å². The van der Waals surface area contributed by atoms with Crippen molar-refractivity contribution in [1.29, 1.82) is 0 Å². The Bertz CT molecular complexity index is 1170. The van der Waals surface area contributed by atoms with Crippen LogP contribution in [-0.4, -0.2) is 11.7 Å². The first kappa shape index (κ1) is 19.0. The van der Waals surface area contributed by atoms with E-state index in [1.807, 2.05) is 24.3 Å². The average Bonchev–Trinajstić information content (AvgIpc) is 2.76. The van der Waals surface area contributed by atoms with Gasteiger partial charge in [0.15, 0.2) is 0 Å². The fraction of sp³-hybridized carbons (Fsp3) is 0.160. The molecule has 2 N–H and O–H groups in total. The van der Waals surface area contributed by atoms with E-state index in [1.165, 1.54) is 16.7 Å². The van der Waals surface area contributed by atoms with Crippen LogP contribution in [0.3, 0.4) is 0 Å². The van der Waals surface area contributed by atoms with E-state index in [0.29, 0.717) is 23.0 Å². The summed E-state index contributed by atoms with van der Waals surface area (Å²) in [6.07, 6.45) is 1.20. The van der Waals surface area contributed by atoms with E-state index in [4.69, 9.17) is 4.42 Å². The van der Waals surface area contributed by atoms with Crippen molar-refractivity contribution < 1.29 is 9.52 Å². The van der Waals surface area contributed by atoms with Gasteiger partial charge in [0.1, 0.15) is 11.3 Å². The highest BCUT2D eigenvalue weighted by atomic mass is 16.4. The molecule has 3 aromatic carbocycles. The Morgan fingerprint density at radius 3 is 2.48 bits per heavy atom. The summed E-state index contributed by atoms with van der Waals surface area (Å²) in [6, 6.07) is 25.8. The predicted octanol–water partition coefficient (Wildman–Crippen LogP) is 4.89. The maximum atomic E-state index is 12.2. The van der Waals surface area contributed by atoms with Gasteiger partial charge >= 0.3 is 5.63 Å². The van der Waals surface area contributed by atoms with Crippen molar-refractivity contribution in [2.24, 2.45) is 0 Å². The van der Waals surface area contributed by atoms with Crippen molar-refractivity contribution in [3.8, 4) is 16.9 Å². The van der Waals surface area contributed by atoms with E-state index in [-0.39, 0.29) is 5.75 Å². The standard InChI is InChI=1S/C25H23NO3/c27-24-21-12-4-5-14-23(21)29-25(28)22(24)13-7-15-26-17-18-8-6-11-20(16-18)19-9-2-1-3-10-19/h1-6,8-12,14,16,26-27H,7,13,15,17H2. The Balaban J connectivity index is 1.34. The number of nitrogens with one attached hydrogen (secondary N) is 1. The van der Waals surface area contributed by atoms with Crippen LogP contribution in [0.1, 0.15) is 17.5 Å². The molecule has 0 unspecified atom stereocenters. The van der Waals surface area contributed by atoms with Gasteiger partial charge in [-0.25, -0.2) is 4.79 Å². The van der Waals surface area contributed by atoms with Gasteiger partial charge in [0, 0.05) is 6.54 Å². The van der Waals surface area contributed by atoms with Gasteiger partial charge in [-0.1, -0.05) is 60.7 Å². The molecule has 0 fully saturated rings. The van der Waals surface area contributed by atoms with Gasteiger partial charge in [0.05, 0.1) is 10.9 Å². The Kier molecular flexibility index (Phi) is 5.73. The largest absolute Gasteiger partial charge is 0.507 e. The molecule has 4 heteroatoms. The van der Waals surface area contributed by atoms with Crippen LogP contribution in [0.5, 0.6) is 5.75 Å². The number of hydrogen-bond acceptors (Lipinski definition) is 4. The van der Waals surface area contributed by atoms with Crippen molar-refractivity contribution >= 4 is 11.0 Å². The van der Waals surface area contributed by atoms with E-state index in [0.717, 1.165) is 19.5 Å². The second-order valence-corrected chi connectivity index (χ2v) is 7.06. The lowest BCUT2D eigenvalue weighted by Gasteiger charge is -2.09. The molecule has 29 heavy (non-hydrogen) atoms. The molecule has 146 valence electrons. The van der Waals surface area contributed by atoms with Crippen LogP contribution in [-0.2, 0) is 13.0 Å². The van der Waals surface area contributed by atoms with Crippen LogP contribution in [0.2, 0.25) is 0 Å². The van der Waals surface area contributed by atoms with E-state index in [2.05, 4.69) is 41.7 Å². The van der Waals surface area contributed by atoms with Crippen LogP contribution in [0.4, 0.5) is 0 Å². The van der Waals surface area contributed by atoms with Crippen molar-refractivity contribution in [1.82, 2.24) is 5.32 Å². The molecule has 4 rings (SSSR count). The van der Waals surface area contributed by atoms with Crippen molar-refractivity contribution in [2.45, 2.75) is 19.4 Å².